The zero-order chi connectivity index (χ0) is 15.6. The number of anilines is 1. The van der Waals surface area contributed by atoms with Crippen LogP contribution in [0.1, 0.15) is 19.3 Å². The quantitative estimate of drug-likeness (QED) is 0.699. The smallest absolute Gasteiger partial charge is 0.220 e. The number of nitrogens with zero attached hydrogens (tertiary/aromatic N) is 1. The second-order valence-electron chi connectivity index (χ2n) is 5.12. The van der Waals surface area contributed by atoms with Gasteiger partial charge in [0, 0.05) is 38.6 Å². The van der Waals surface area contributed by atoms with E-state index in [1.165, 1.54) is 0 Å². The van der Waals surface area contributed by atoms with Crippen LogP contribution in [0, 0.1) is 0 Å². The number of ether oxygens (including phenoxy) is 1. The van der Waals surface area contributed by atoms with E-state index < -0.39 is 0 Å². The minimum absolute atomic E-state index is 0.0874. The molecule has 0 aliphatic heterocycles. The number of carbonyl (C=O) groups excluding carboxylic acids is 1. The van der Waals surface area contributed by atoms with E-state index in [2.05, 4.69) is 15.6 Å². The summed E-state index contributed by atoms with van der Waals surface area (Å²) >= 11 is 0. The Morgan fingerprint density at radius 1 is 1.14 bits per heavy atom. The fraction of sp³-hybridized carbons (Fsp3) is 0.412. The van der Waals surface area contributed by atoms with Gasteiger partial charge in [-0.25, -0.2) is 4.98 Å². The Labute approximate surface area is 131 Å². The zero-order valence-corrected chi connectivity index (χ0v) is 13.0. The van der Waals surface area contributed by atoms with Gasteiger partial charge in [0.25, 0.3) is 0 Å². The van der Waals surface area contributed by atoms with E-state index in [-0.39, 0.29) is 5.91 Å². The van der Waals surface area contributed by atoms with Gasteiger partial charge in [-0.3, -0.25) is 4.79 Å². The van der Waals surface area contributed by atoms with E-state index in [1.807, 2.05) is 36.4 Å². The summed E-state index contributed by atoms with van der Waals surface area (Å²) in [6, 6.07) is 12.0. The number of nitrogens with one attached hydrogen (secondary N) is 2. The molecule has 0 spiro atoms. The molecular weight excluding hydrogens is 278 g/mol. The molecule has 2 aromatic rings. The first-order valence-electron chi connectivity index (χ1n) is 7.65. The number of pyridine rings is 1. The predicted molar refractivity (Wildman–Crippen MR) is 89.0 cm³/mol. The molecule has 22 heavy (non-hydrogen) atoms. The van der Waals surface area contributed by atoms with Gasteiger partial charge in [0.15, 0.2) is 0 Å². The van der Waals surface area contributed by atoms with Gasteiger partial charge in [0.2, 0.25) is 5.91 Å². The highest BCUT2D eigenvalue weighted by molar-refractivity contribution is 5.80. The Bertz CT molecular complexity index is 601. The average Bonchev–Trinajstić information content (AvgIpc) is 2.55. The number of methoxy groups -OCH3 is 1. The van der Waals surface area contributed by atoms with Crippen LogP contribution in [0.2, 0.25) is 0 Å². The molecule has 5 nitrogen and oxygen atoms in total. The zero-order valence-electron chi connectivity index (χ0n) is 13.0. The highest BCUT2D eigenvalue weighted by Gasteiger charge is 2.01. The molecule has 0 aliphatic carbocycles. The molecule has 5 heteroatoms. The first kappa shape index (κ1) is 16.2. The molecule has 2 rings (SSSR count). The molecule has 0 fully saturated rings. The summed E-state index contributed by atoms with van der Waals surface area (Å²) in [5.74, 6) is 0.914. The van der Waals surface area contributed by atoms with Crippen LogP contribution >= 0.6 is 0 Å². The van der Waals surface area contributed by atoms with Gasteiger partial charge in [-0.1, -0.05) is 18.2 Å². The normalized spacial score (nSPS) is 10.6. The monoisotopic (exact) mass is 301 g/mol. The van der Waals surface area contributed by atoms with Crippen LogP contribution in [0.3, 0.4) is 0 Å². The Kier molecular flexibility index (Phi) is 6.64. The molecule has 2 N–H and O–H groups in total. The van der Waals surface area contributed by atoms with Crippen molar-refractivity contribution in [3.05, 3.63) is 36.4 Å². The number of para-hydroxylation sites is 1. The first-order valence-corrected chi connectivity index (χ1v) is 7.65. The lowest BCUT2D eigenvalue weighted by Gasteiger charge is -2.08. The van der Waals surface area contributed by atoms with Crippen LogP contribution in [0.5, 0.6) is 0 Å². The van der Waals surface area contributed by atoms with E-state index in [9.17, 15) is 4.79 Å². The molecular formula is C17H23N3O2. The van der Waals surface area contributed by atoms with Crippen molar-refractivity contribution < 1.29 is 9.53 Å². The third-order valence-corrected chi connectivity index (χ3v) is 3.35. The summed E-state index contributed by atoms with van der Waals surface area (Å²) in [6.07, 6.45) is 2.33. The molecule has 0 saturated carbocycles. The van der Waals surface area contributed by atoms with Gasteiger partial charge in [-0.2, -0.15) is 0 Å². The lowest BCUT2D eigenvalue weighted by molar-refractivity contribution is -0.121. The van der Waals surface area contributed by atoms with Crippen molar-refractivity contribution in [1.82, 2.24) is 10.3 Å². The summed E-state index contributed by atoms with van der Waals surface area (Å²) in [4.78, 5) is 16.1. The number of carbonyl (C=O) groups is 1. The minimum Gasteiger partial charge on any atom is -0.385 e. The lowest BCUT2D eigenvalue weighted by Crippen LogP contribution is -2.28. The summed E-state index contributed by atoms with van der Waals surface area (Å²) in [5.41, 5.74) is 0.967. The van der Waals surface area contributed by atoms with Crippen LogP contribution in [-0.2, 0) is 9.53 Å². The Morgan fingerprint density at radius 3 is 2.86 bits per heavy atom. The molecule has 0 atom stereocenters. The van der Waals surface area contributed by atoms with Crippen LogP contribution in [-0.4, -0.2) is 37.7 Å². The summed E-state index contributed by atoms with van der Waals surface area (Å²) in [6.45, 7) is 1.97. The van der Waals surface area contributed by atoms with E-state index >= 15 is 0 Å². The fourth-order valence-electron chi connectivity index (χ4n) is 2.18. The average molecular weight is 301 g/mol. The van der Waals surface area contributed by atoms with Gasteiger partial charge in [-0.15, -0.1) is 0 Å². The highest BCUT2D eigenvalue weighted by Crippen LogP contribution is 2.14. The van der Waals surface area contributed by atoms with E-state index in [4.69, 9.17) is 4.74 Å². The Morgan fingerprint density at radius 2 is 2.00 bits per heavy atom. The third-order valence-electron chi connectivity index (χ3n) is 3.35. The minimum atomic E-state index is 0.0874. The van der Waals surface area contributed by atoms with Crippen LogP contribution in [0.25, 0.3) is 10.9 Å². The van der Waals surface area contributed by atoms with Gasteiger partial charge < -0.3 is 15.4 Å². The maximum atomic E-state index is 11.6. The van der Waals surface area contributed by atoms with Crippen LogP contribution < -0.4 is 10.6 Å². The maximum absolute atomic E-state index is 11.6. The van der Waals surface area contributed by atoms with E-state index in [1.54, 1.807) is 7.11 Å². The molecule has 0 unspecified atom stereocenters. The van der Waals surface area contributed by atoms with Gasteiger partial charge in [0.05, 0.1) is 5.52 Å². The van der Waals surface area contributed by atoms with Crippen molar-refractivity contribution in [2.45, 2.75) is 19.3 Å². The predicted octanol–water partition coefficient (Wildman–Crippen LogP) is 2.58. The molecule has 1 heterocycles. The third kappa shape index (κ3) is 5.33. The number of rotatable bonds is 9. The Balaban J connectivity index is 1.66. The summed E-state index contributed by atoms with van der Waals surface area (Å²) in [7, 11) is 1.67. The number of fused-ring (bicyclic) bond motifs is 1. The summed E-state index contributed by atoms with van der Waals surface area (Å²) in [5, 5.41) is 7.24. The molecule has 1 amide bonds. The second-order valence-corrected chi connectivity index (χ2v) is 5.12. The Hall–Kier alpha value is -2.14. The van der Waals surface area contributed by atoms with Crippen molar-refractivity contribution in [2.24, 2.45) is 0 Å². The van der Waals surface area contributed by atoms with Crippen LogP contribution in [0.4, 0.5) is 5.82 Å². The van der Waals surface area contributed by atoms with Gasteiger partial charge >= 0.3 is 0 Å². The molecule has 1 aromatic heterocycles. The molecule has 1 aromatic carbocycles. The molecule has 0 radical (unpaired) electrons. The molecule has 0 aliphatic rings. The van der Waals surface area contributed by atoms with Crippen molar-refractivity contribution >= 4 is 22.6 Å². The second kappa shape index (κ2) is 9.00. The van der Waals surface area contributed by atoms with Crippen molar-refractivity contribution in [2.75, 3.05) is 32.1 Å². The molecule has 0 bridgehead atoms. The maximum Gasteiger partial charge on any atom is 0.220 e. The number of hydrogen-bond donors (Lipinski definition) is 2. The highest BCUT2D eigenvalue weighted by atomic mass is 16.5. The largest absolute Gasteiger partial charge is 0.385 e. The number of amides is 1. The number of aromatic nitrogens is 1. The van der Waals surface area contributed by atoms with Crippen molar-refractivity contribution in [3.63, 3.8) is 0 Å². The molecule has 0 saturated heterocycles. The first-order chi connectivity index (χ1) is 10.8. The van der Waals surface area contributed by atoms with E-state index in [0.717, 1.165) is 29.6 Å². The summed E-state index contributed by atoms with van der Waals surface area (Å²) < 4.78 is 4.95. The standard InChI is InChI=1S/C17H23N3O2/c1-22-13-5-4-8-17(21)19-12-11-18-16-10-9-14-6-2-3-7-15(14)20-16/h2-3,6-7,9-10H,4-5,8,11-13H2,1H3,(H,18,20)(H,19,21). The van der Waals surface area contributed by atoms with Gasteiger partial charge in [0.1, 0.15) is 5.82 Å². The number of hydrogen-bond acceptors (Lipinski definition) is 4. The molecule has 118 valence electrons. The lowest BCUT2D eigenvalue weighted by atomic mass is 10.2. The van der Waals surface area contributed by atoms with E-state index in [0.29, 0.717) is 26.1 Å². The van der Waals surface area contributed by atoms with Crippen LogP contribution in [0.15, 0.2) is 36.4 Å². The fourth-order valence-corrected chi connectivity index (χ4v) is 2.18. The number of benzene rings is 1. The van der Waals surface area contributed by atoms with Gasteiger partial charge in [-0.05, 0) is 31.0 Å². The van der Waals surface area contributed by atoms with Crippen molar-refractivity contribution in [1.29, 1.82) is 0 Å². The van der Waals surface area contributed by atoms with Crippen molar-refractivity contribution in [3.8, 4) is 0 Å². The topological polar surface area (TPSA) is 63.2 Å². The number of unbranched alkanes of at least 4 members (excludes halogenated alkanes) is 1. The SMILES string of the molecule is COCCCCC(=O)NCCNc1ccc2ccccc2n1.